The Hall–Kier alpha value is -4.76. The lowest BCUT2D eigenvalue weighted by Crippen LogP contribution is -2.29. The standard InChI is InChI=1S/C30H30N8O/c1-2-27(39)33-21-7-6-8-22(18-21)34-29-25-13-14-31-28(25)36-30(37-29)35-23-11-12-26-20(17-23)9-10-24(32-26)19-38-15-4-3-5-16-38/h2,6-14,17-18H,1,3-5,15-16,19H2,(H,33,39)(H3,31,34,35,36,37). The Balaban J connectivity index is 1.22. The number of amides is 1. The zero-order valence-electron chi connectivity index (χ0n) is 21.6. The fourth-order valence-electron chi connectivity index (χ4n) is 4.91. The van der Waals surface area contributed by atoms with Crippen LogP contribution in [-0.4, -0.2) is 43.8 Å². The third-order valence-electron chi connectivity index (χ3n) is 6.83. The van der Waals surface area contributed by atoms with Gasteiger partial charge in [0.15, 0.2) is 0 Å². The molecule has 9 nitrogen and oxygen atoms in total. The summed E-state index contributed by atoms with van der Waals surface area (Å²) in [5.41, 5.74) is 5.10. The monoisotopic (exact) mass is 518 g/mol. The summed E-state index contributed by atoms with van der Waals surface area (Å²) in [5.74, 6) is 0.829. The van der Waals surface area contributed by atoms with Crippen LogP contribution < -0.4 is 16.0 Å². The lowest BCUT2D eigenvalue weighted by atomic mass is 10.1. The smallest absolute Gasteiger partial charge is 0.247 e. The summed E-state index contributed by atoms with van der Waals surface area (Å²) in [6, 6.07) is 19.7. The highest BCUT2D eigenvalue weighted by Crippen LogP contribution is 2.28. The lowest BCUT2D eigenvalue weighted by Gasteiger charge is -2.26. The van der Waals surface area contributed by atoms with Gasteiger partial charge in [-0.25, -0.2) is 0 Å². The van der Waals surface area contributed by atoms with Gasteiger partial charge in [-0.05, 0) is 80.5 Å². The summed E-state index contributed by atoms with van der Waals surface area (Å²) in [6.07, 6.45) is 6.95. The molecule has 0 spiro atoms. The zero-order valence-corrected chi connectivity index (χ0v) is 21.6. The molecule has 0 bridgehead atoms. The molecule has 0 saturated carbocycles. The van der Waals surface area contributed by atoms with Crippen molar-refractivity contribution in [2.75, 3.05) is 29.0 Å². The van der Waals surface area contributed by atoms with Gasteiger partial charge in [0.1, 0.15) is 11.5 Å². The van der Waals surface area contributed by atoms with Gasteiger partial charge in [0.05, 0.1) is 16.6 Å². The van der Waals surface area contributed by atoms with Gasteiger partial charge in [-0.1, -0.05) is 25.1 Å². The van der Waals surface area contributed by atoms with E-state index < -0.39 is 0 Å². The Labute approximate surface area is 226 Å². The SMILES string of the molecule is C=CC(=O)Nc1cccc(Nc2nc(Nc3ccc4nc(CN5CCCCC5)ccc4c3)nc3[nH]ccc23)c1. The van der Waals surface area contributed by atoms with Crippen molar-refractivity contribution in [3.63, 3.8) is 0 Å². The number of nitrogens with one attached hydrogen (secondary N) is 4. The van der Waals surface area contributed by atoms with Crippen molar-refractivity contribution in [2.24, 2.45) is 0 Å². The Morgan fingerprint density at radius 3 is 2.64 bits per heavy atom. The van der Waals surface area contributed by atoms with Gasteiger partial charge in [0.25, 0.3) is 0 Å². The van der Waals surface area contributed by atoms with Crippen LogP contribution in [0.4, 0.5) is 28.8 Å². The molecule has 2 aromatic carbocycles. The molecule has 9 heteroatoms. The molecule has 6 rings (SSSR count). The molecule has 4 N–H and O–H groups in total. The van der Waals surface area contributed by atoms with Crippen molar-refractivity contribution in [3.8, 4) is 0 Å². The highest BCUT2D eigenvalue weighted by molar-refractivity contribution is 5.99. The fraction of sp³-hybridized carbons (Fsp3) is 0.200. The van der Waals surface area contributed by atoms with Crippen LogP contribution in [0.1, 0.15) is 25.0 Å². The minimum atomic E-state index is -0.266. The van der Waals surface area contributed by atoms with Crippen LogP contribution in [0, 0.1) is 0 Å². The van der Waals surface area contributed by atoms with Crippen LogP contribution in [0.2, 0.25) is 0 Å². The zero-order chi connectivity index (χ0) is 26.6. The lowest BCUT2D eigenvalue weighted by molar-refractivity contribution is -0.111. The van der Waals surface area contributed by atoms with Gasteiger partial charge in [-0.2, -0.15) is 9.97 Å². The number of pyridine rings is 1. The third-order valence-corrected chi connectivity index (χ3v) is 6.83. The number of hydrogen-bond acceptors (Lipinski definition) is 7. The number of nitrogens with zero attached hydrogens (tertiary/aromatic N) is 4. The number of carbonyl (C=O) groups excluding carboxylic acids is 1. The summed E-state index contributed by atoms with van der Waals surface area (Å²) < 4.78 is 0. The molecule has 4 heterocycles. The number of H-pyrrole nitrogens is 1. The number of rotatable bonds is 8. The van der Waals surface area contributed by atoms with Gasteiger partial charge in [-0.15, -0.1) is 0 Å². The Morgan fingerprint density at radius 1 is 0.923 bits per heavy atom. The van der Waals surface area contributed by atoms with Crippen molar-refractivity contribution in [2.45, 2.75) is 25.8 Å². The molecule has 0 atom stereocenters. The number of likely N-dealkylation sites (tertiary alicyclic amines) is 1. The molecular weight excluding hydrogens is 488 g/mol. The van der Waals surface area contributed by atoms with E-state index in [2.05, 4.69) is 55.6 Å². The van der Waals surface area contributed by atoms with Crippen molar-refractivity contribution in [1.82, 2.24) is 24.8 Å². The molecular formula is C30H30N8O. The van der Waals surface area contributed by atoms with Crippen LogP contribution in [-0.2, 0) is 11.3 Å². The van der Waals surface area contributed by atoms with Crippen LogP contribution in [0.5, 0.6) is 0 Å². The van der Waals surface area contributed by atoms with E-state index >= 15 is 0 Å². The summed E-state index contributed by atoms with van der Waals surface area (Å²) in [7, 11) is 0. The van der Waals surface area contributed by atoms with Gasteiger partial charge in [0.2, 0.25) is 11.9 Å². The van der Waals surface area contributed by atoms with E-state index in [0.717, 1.165) is 53.0 Å². The van der Waals surface area contributed by atoms with E-state index in [1.54, 1.807) is 0 Å². The number of aromatic amines is 1. The average Bonchev–Trinajstić information content (AvgIpc) is 3.43. The average molecular weight is 519 g/mol. The number of hydrogen-bond donors (Lipinski definition) is 4. The number of anilines is 5. The molecule has 0 radical (unpaired) electrons. The number of carbonyl (C=O) groups is 1. The third kappa shape index (κ3) is 5.73. The van der Waals surface area contributed by atoms with Crippen molar-refractivity contribution in [3.05, 3.63) is 85.2 Å². The van der Waals surface area contributed by atoms with Gasteiger partial charge < -0.3 is 20.9 Å². The van der Waals surface area contributed by atoms with E-state index in [1.807, 2.05) is 48.7 Å². The van der Waals surface area contributed by atoms with Crippen LogP contribution in [0.25, 0.3) is 21.9 Å². The molecule has 0 unspecified atom stereocenters. The number of piperidine rings is 1. The first-order valence-corrected chi connectivity index (χ1v) is 13.2. The maximum absolute atomic E-state index is 11.7. The minimum Gasteiger partial charge on any atom is -0.346 e. The molecule has 1 saturated heterocycles. The van der Waals surface area contributed by atoms with E-state index in [0.29, 0.717) is 23.1 Å². The topological polar surface area (TPSA) is 111 Å². The Kier molecular flexibility index (Phi) is 6.88. The molecule has 1 aliphatic rings. The van der Waals surface area contributed by atoms with Gasteiger partial charge >= 0.3 is 0 Å². The second kappa shape index (κ2) is 10.9. The largest absolute Gasteiger partial charge is 0.346 e. The summed E-state index contributed by atoms with van der Waals surface area (Å²) >= 11 is 0. The normalized spacial score (nSPS) is 13.8. The maximum Gasteiger partial charge on any atom is 0.247 e. The first-order valence-electron chi connectivity index (χ1n) is 13.2. The number of aromatic nitrogens is 4. The molecule has 196 valence electrons. The molecule has 5 aromatic rings. The molecule has 0 aliphatic carbocycles. The minimum absolute atomic E-state index is 0.266. The highest BCUT2D eigenvalue weighted by Gasteiger charge is 2.13. The predicted octanol–water partition coefficient (Wildman–Crippen LogP) is 6.10. The Bertz CT molecular complexity index is 1650. The van der Waals surface area contributed by atoms with Crippen molar-refractivity contribution in [1.29, 1.82) is 0 Å². The first-order chi connectivity index (χ1) is 19.1. The first kappa shape index (κ1) is 24.6. The predicted molar refractivity (Wildman–Crippen MR) is 157 cm³/mol. The Morgan fingerprint density at radius 2 is 1.77 bits per heavy atom. The van der Waals surface area contributed by atoms with Crippen molar-refractivity contribution < 1.29 is 4.79 Å². The second-order valence-corrected chi connectivity index (χ2v) is 9.71. The molecule has 1 amide bonds. The van der Waals surface area contributed by atoms with Gasteiger partial charge in [-0.3, -0.25) is 14.7 Å². The molecule has 1 aliphatic heterocycles. The highest BCUT2D eigenvalue weighted by atomic mass is 16.1. The van der Waals surface area contributed by atoms with E-state index in [-0.39, 0.29) is 5.91 Å². The summed E-state index contributed by atoms with van der Waals surface area (Å²) in [5, 5.41) is 11.4. The molecule has 39 heavy (non-hydrogen) atoms. The van der Waals surface area contributed by atoms with Crippen LogP contribution >= 0.6 is 0 Å². The van der Waals surface area contributed by atoms with Crippen LogP contribution in [0.3, 0.4) is 0 Å². The van der Waals surface area contributed by atoms with E-state index in [1.165, 1.54) is 25.3 Å². The summed E-state index contributed by atoms with van der Waals surface area (Å²) in [6.45, 7) is 6.71. The van der Waals surface area contributed by atoms with Gasteiger partial charge in [0, 0.05) is 35.2 Å². The quantitative estimate of drug-likeness (QED) is 0.184. The fourth-order valence-corrected chi connectivity index (χ4v) is 4.91. The second-order valence-electron chi connectivity index (χ2n) is 9.71. The molecule has 3 aromatic heterocycles. The number of benzene rings is 2. The molecule has 1 fully saturated rings. The maximum atomic E-state index is 11.7. The van der Waals surface area contributed by atoms with E-state index in [4.69, 9.17) is 9.97 Å². The number of fused-ring (bicyclic) bond motifs is 2. The summed E-state index contributed by atoms with van der Waals surface area (Å²) in [4.78, 5) is 31.7. The van der Waals surface area contributed by atoms with Crippen molar-refractivity contribution >= 4 is 56.7 Å². The van der Waals surface area contributed by atoms with Crippen LogP contribution in [0.15, 0.2) is 79.5 Å². The van der Waals surface area contributed by atoms with E-state index in [9.17, 15) is 4.79 Å².